The number of methoxy groups -OCH3 is 1. The van der Waals surface area contributed by atoms with Crippen LogP contribution in [0.2, 0.25) is 0 Å². The molecule has 1 unspecified atom stereocenters. The second kappa shape index (κ2) is 10.2. The second-order valence-electron chi connectivity index (χ2n) is 12.0. The molecule has 41 heavy (non-hydrogen) atoms. The van der Waals surface area contributed by atoms with E-state index < -0.39 is 0 Å². The summed E-state index contributed by atoms with van der Waals surface area (Å²) < 4.78 is 17.7. The van der Waals surface area contributed by atoms with E-state index >= 15 is 0 Å². The number of hydrogen-bond donors (Lipinski definition) is 2. The van der Waals surface area contributed by atoms with Crippen molar-refractivity contribution in [2.75, 3.05) is 56.3 Å². The smallest absolute Gasteiger partial charge is 0.326 e. The molecule has 5 aliphatic rings. The van der Waals surface area contributed by atoms with Gasteiger partial charge in [-0.15, -0.1) is 0 Å². The van der Waals surface area contributed by atoms with E-state index in [-0.39, 0.29) is 41.8 Å². The summed E-state index contributed by atoms with van der Waals surface area (Å²) in [6.45, 7) is 5.67. The van der Waals surface area contributed by atoms with Gasteiger partial charge in [-0.3, -0.25) is 4.90 Å². The van der Waals surface area contributed by atoms with Crippen LogP contribution >= 0.6 is 11.8 Å². The first-order chi connectivity index (χ1) is 19.9. The van der Waals surface area contributed by atoms with Gasteiger partial charge < -0.3 is 34.9 Å². The lowest BCUT2D eigenvalue weighted by Crippen LogP contribution is -2.51. The van der Waals surface area contributed by atoms with Gasteiger partial charge in [0.15, 0.2) is 17.4 Å². The van der Waals surface area contributed by atoms with Crippen LogP contribution in [0, 0.1) is 5.41 Å². The van der Waals surface area contributed by atoms with Crippen LogP contribution in [0.15, 0.2) is 28.4 Å². The van der Waals surface area contributed by atoms with Crippen molar-refractivity contribution in [1.82, 2.24) is 19.9 Å². The number of urea groups is 1. The third-order valence-corrected chi connectivity index (χ3v) is 10.5. The van der Waals surface area contributed by atoms with Crippen LogP contribution in [0.1, 0.15) is 38.3 Å². The third kappa shape index (κ3) is 4.62. The fourth-order valence-electron chi connectivity index (χ4n) is 6.72. The Hall–Kier alpha value is -2.71. The second-order valence-corrected chi connectivity index (χ2v) is 13.0. The van der Waals surface area contributed by atoms with Gasteiger partial charge in [0.25, 0.3) is 0 Å². The Morgan fingerprint density at radius 1 is 1.22 bits per heavy atom. The number of ether oxygens (including phenoxy) is 3. The topological polar surface area (TPSA) is 139 Å². The average Bonchev–Trinajstić information content (AvgIpc) is 3.64. The van der Waals surface area contributed by atoms with Crippen LogP contribution in [0.4, 0.5) is 16.4 Å². The lowest BCUT2D eigenvalue weighted by atomic mass is 9.73. The van der Waals surface area contributed by atoms with Crippen molar-refractivity contribution in [3.63, 3.8) is 0 Å². The van der Waals surface area contributed by atoms with Crippen LogP contribution in [-0.4, -0.2) is 101 Å². The molecule has 0 radical (unpaired) electrons. The zero-order valence-electron chi connectivity index (χ0n) is 23.5. The van der Waals surface area contributed by atoms with E-state index in [9.17, 15) is 9.90 Å². The number of nitrogens with two attached hydrogens (primary N) is 1. The quantitative estimate of drug-likeness (QED) is 0.495. The van der Waals surface area contributed by atoms with Gasteiger partial charge in [-0.25, -0.2) is 19.7 Å². The van der Waals surface area contributed by atoms with E-state index in [4.69, 9.17) is 29.9 Å². The van der Waals surface area contributed by atoms with Gasteiger partial charge >= 0.3 is 6.03 Å². The molecule has 0 aromatic carbocycles. The minimum Gasteiger partial charge on any atom is -0.486 e. The Morgan fingerprint density at radius 3 is 2.71 bits per heavy atom. The first-order valence-corrected chi connectivity index (χ1v) is 15.2. The molecule has 1 saturated carbocycles. The summed E-state index contributed by atoms with van der Waals surface area (Å²) in [6, 6.07) is 1.74. The van der Waals surface area contributed by atoms with Crippen molar-refractivity contribution in [2.45, 2.75) is 72.9 Å². The first-order valence-electron chi connectivity index (χ1n) is 14.4. The highest BCUT2D eigenvalue weighted by atomic mass is 32.2. The molecule has 0 bridgehead atoms. The number of hydrogen-bond acceptors (Lipinski definition) is 11. The van der Waals surface area contributed by atoms with Crippen molar-refractivity contribution in [3.8, 4) is 5.75 Å². The molecule has 1 aliphatic carbocycles. The van der Waals surface area contributed by atoms with Crippen molar-refractivity contribution in [2.24, 2.45) is 11.1 Å². The zero-order chi connectivity index (χ0) is 28.4. The summed E-state index contributed by atoms with van der Waals surface area (Å²) in [5, 5.41) is 10.8. The summed E-state index contributed by atoms with van der Waals surface area (Å²) in [5.41, 5.74) is 6.82. The van der Waals surface area contributed by atoms with Gasteiger partial charge in [0, 0.05) is 44.4 Å². The summed E-state index contributed by atoms with van der Waals surface area (Å²) >= 11 is 1.39. The highest BCUT2D eigenvalue weighted by molar-refractivity contribution is 7.99. The number of anilines is 2. The van der Waals surface area contributed by atoms with Gasteiger partial charge in [-0.2, -0.15) is 0 Å². The number of carbonyl (C=O) groups is 1. The molecule has 6 heterocycles. The molecule has 2 amide bonds. The van der Waals surface area contributed by atoms with Gasteiger partial charge in [-0.1, -0.05) is 11.8 Å². The molecular weight excluding hydrogens is 546 g/mol. The summed E-state index contributed by atoms with van der Waals surface area (Å²) in [5.74, 6) is 1.80. The molecule has 2 aromatic heterocycles. The van der Waals surface area contributed by atoms with E-state index in [0.717, 1.165) is 43.7 Å². The molecule has 3 atom stereocenters. The molecule has 12 nitrogen and oxygen atoms in total. The summed E-state index contributed by atoms with van der Waals surface area (Å²) in [4.78, 5) is 34.0. The molecule has 1 spiro atoms. The maximum absolute atomic E-state index is 13.4. The Morgan fingerprint density at radius 2 is 2.02 bits per heavy atom. The molecule has 13 heteroatoms. The molecule has 2 aromatic rings. The maximum Gasteiger partial charge on any atom is 0.326 e. The van der Waals surface area contributed by atoms with E-state index in [1.165, 1.54) is 11.8 Å². The van der Waals surface area contributed by atoms with Crippen LogP contribution < -0.4 is 20.3 Å². The number of nitrogens with zero attached hydrogens (tertiary/aromatic N) is 6. The molecule has 3 saturated heterocycles. The number of aliphatic hydroxyl groups excluding tert-OH is 1. The normalized spacial score (nSPS) is 27.7. The fourth-order valence-corrected chi connectivity index (χ4v) is 7.58. The fraction of sp³-hybridized carbons (Fsp3) is 0.643. The monoisotopic (exact) mass is 583 g/mol. The minimum atomic E-state index is -0.217. The Bertz CT molecular complexity index is 1330. The lowest BCUT2D eigenvalue weighted by molar-refractivity contribution is 0.0564. The number of piperidine rings is 1. The SMILES string of the molecule is COC1(CN2CC3COc4c(Sc5cnc(N6CCC7(CC6)CO[C@@H](C)[C@H]7N)c(CO)n5)ccnc4N3C2=O)CC1. The van der Waals surface area contributed by atoms with Gasteiger partial charge in [0.05, 0.1) is 48.6 Å². The minimum absolute atomic E-state index is 0.00874. The van der Waals surface area contributed by atoms with Crippen LogP contribution in [0.25, 0.3) is 0 Å². The van der Waals surface area contributed by atoms with Crippen LogP contribution in [0.5, 0.6) is 5.75 Å². The standard InChI is InChI=1S/C28H37N7O5S/c1-17-23(29)27(16-40-17)6-9-33(10-7-27)24-19(13-36)32-21(11-31-24)41-20-3-8-30-25-22(20)39-14-18-12-34(26(37)35(18)25)15-28(38-2)4-5-28/h3,8,11,17-18,23,36H,4-7,9-10,12-16,29H2,1-2H3/t17-,18?,23+/m0/s1. The highest BCUT2D eigenvalue weighted by Crippen LogP contribution is 2.46. The van der Waals surface area contributed by atoms with E-state index in [0.29, 0.717) is 54.4 Å². The predicted molar refractivity (Wildman–Crippen MR) is 151 cm³/mol. The molecular formula is C28H37N7O5S. The number of rotatable bonds is 7. The Kier molecular flexibility index (Phi) is 6.77. The van der Waals surface area contributed by atoms with Crippen molar-refractivity contribution >= 4 is 29.4 Å². The zero-order valence-corrected chi connectivity index (χ0v) is 24.3. The molecule has 7 rings (SSSR count). The number of aromatic nitrogens is 3. The van der Waals surface area contributed by atoms with E-state index in [2.05, 4.69) is 9.88 Å². The van der Waals surface area contributed by atoms with Crippen molar-refractivity contribution in [3.05, 3.63) is 24.2 Å². The third-order valence-electron chi connectivity index (χ3n) is 9.56. The van der Waals surface area contributed by atoms with E-state index in [1.807, 2.05) is 17.9 Å². The van der Waals surface area contributed by atoms with Gasteiger partial charge in [-0.05, 0) is 38.7 Å². The number of amides is 2. The highest BCUT2D eigenvalue weighted by Gasteiger charge is 2.51. The van der Waals surface area contributed by atoms with Crippen molar-refractivity contribution in [1.29, 1.82) is 0 Å². The lowest BCUT2D eigenvalue weighted by Gasteiger charge is -2.41. The number of fused-ring (bicyclic) bond motifs is 3. The average molecular weight is 584 g/mol. The molecule has 220 valence electrons. The number of carbonyl (C=O) groups excluding carboxylic acids is 1. The van der Waals surface area contributed by atoms with Gasteiger partial charge in [0.1, 0.15) is 17.3 Å². The first kappa shape index (κ1) is 27.1. The van der Waals surface area contributed by atoms with Gasteiger partial charge in [0.2, 0.25) is 0 Å². The number of pyridine rings is 1. The predicted octanol–water partition coefficient (Wildman–Crippen LogP) is 2.03. The summed E-state index contributed by atoms with van der Waals surface area (Å²) in [7, 11) is 1.71. The molecule has 3 N–H and O–H groups in total. The van der Waals surface area contributed by atoms with Crippen LogP contribution in [0.3, 0.4) is 0 Å². The van der Waals surface area contributed by atoms with Crippen LogP contribution in [-0.2, 0) is 16.1 Å². The van der Waals surface area contributed by atoms with E-state index in [1.54, 1.807) is 24.4 Å². The maximum atomic E-state index is 13.4. The Labute approximate surface area is 243 Å². The number of aliphatic hydroxyl groups is 1. The summed E-state index contributed by atoms with van der Waals surface area (Å²) in [6.07, 6.45) is 7.28. The molecule has 4 aliphatic heterocycles. The largest absolute Gasteiger partial charge is 0.486 e. The van der Waals surface area contributed by atoms with Crippen molar-refractivity contribution < 1.29 is 24.1 Å². The molecule has 4 fully saturated rings. The Balaban J connectivity index is 1.07.